The molecule has 0 bridgehead atoms. The number of carbonyl (C=O) groups is 1. The fourth-order valence-corrected chi connectivity index (χ4v) is 1.42. The first-order valence-electron chi connectivity index (χ1n) is 3.03. The topological polar surface area (TPSA) is 17.1 Å². The molecule has 0 N–H and O–H groups in total. The van der Waals surface area contributed by atoms with Gasteiger partial charge in [-0.2, -0.15) is 0 Å². The van der Waals surface area contributed by atoms with Crippen molar-refractivity contribution in [3.63, 3.8) is 0 Å². The van der Waals surface area contributed by atoms with Crippen LogP contribution >= 0.6 is 0 Å². The summed E-state index contributed by atoms with van der Waals surface area (Å²) in [7, 11) is 0. The monoisotopic (exact) mass is 193 g/mol. The average Bonchev–Trinajstić information content (AvgIpc) is 1.88. The Morgan fingerprint density at radius 3 is 2.40 bits per heavy atom. The minimum atomic E-state index is 0.137. The third kappa shape index (κ3) is 1.48. The summed E-state index contributed by atoms with van der Waals surface area (Å²) in [4.78, 5) is 10.9. The Morgan fingerprint density at radius 1 is 1.40 bits per heavy atom. The van der Waals surface area contributed by atoms with Crippen molar-refractivity contribution in [1.29, 1.82) is 0 Å². The minimum absolute atomic E-state index is 0.137. The van der Waals surface area contributed by atoms with Gasteiger partial charge in [0.1, 0.15) is 0 Å². The Balaban J connectivity index is 3.15. The molecule has 1 rings (SSSR count). The molecule has 0 amide bonds. The van der Waals surface area contributed by atoms with Crippen molar-refractivity contribution in [2.24, 2.45) is 0 Å². The van der Waals surface area contributed by atoms with Crippen molar-refractivity contribution < 1.29 is 4.79 Å². The second kappa shape index (κ2) is 3.01. The fourth-order valence-electron chi connectivity index (χ4n) is 0.828. The molecular formula is C8H7GeO. The predicted molar refractivity (Wildman–Crippen MR) is 41.3 cm³/mol. The standard InChI is InChI=1S/C8H7GeO/c1-6-4-2-3-5-7(6)8(9)10/h2-5H,1H3. The predicted octanol–water partition coefficient (Wildman–Crippen LogP) is 1.30. The maximum absolute atomic E-state index is 10.9. The van der Waals surface area contributed by atoms with Gasteiger partial charge in [0.15, 0.2) is 0 Å². The molecule has 0 saturated carbocycles. The molecule has 0 unspecified atom stereocenters. The first kappa shape index (κ1) is 7.54. The van der Waals surface area contributed by atoms with Crippen LogP contribution in [0.2, 0.25) is 0 Å². The van der Waals surface area contributed by atoms with E-state index in [4.69, 9.17) is 0 Å². The second-order valence-electron chi connectivity index (χ2n) is 2.14. The van der Waals surface area contributed by atoms with Crippen molar-refractivity contribution in [3.8, 4) is 0 Å². The molecule has 1 aromatic rings. The van der Waals surface area contributed by atoms with E-state index in [9.17, 15) is 4.79 Å². The van der Waals surface area contributed by atoms with Crippen molar-refractivity contribution in [1.82, 2.24) is 0 Å². The van der Waals surface area contributed by atoms with Crippen LogP contribution in [0.25, 0.3) is 0 Å². The zero-order chi connectivity index (χ0) is 7.56. The van der Waals surface area contributed by atoms with Crippen LogP contribution in [-0.2, 0) is 0 Å². The van der Waals surface area contributed by atoms with Gasteiger partial charge in [0, 0.05) is 0 Å². The summed E-state index contributed by atoms with van der Waals surface area (Å²) in [5.74, 6) is 0. The molecule has 0 spiro atoms. The molecule has 0 atom stereocenters. The van der Waals surface area contributed by atoms with Crippen molar-refractivity contribution in [3.05, 3.63) is 35.4 Å². The van der Waals surface area contributed by atoms with Crippen LogP contribution in [0.4, 0.5) is 0 Å². The average molecular weight is 192 g/mol. The number of rotatable bonds is 1. The van der Waals surface area contributed by atoms with Crippen LogP contribution in [0.3, 0.4) is 0 Å². The third-order valence-electron chi connectivity index (χ3n) is 1.39. The van der Waals surface area contributed by atoms with E-state index in [1.54, 1.807) is 16.5 Å². The van der Waals surface area contributed by atoms with E-state index in [0.717, 1.165) is 11.1 Å². The zero-order valence-corrected chi connectivity index (χ0v) is 7.82. The molecule has 3 radical (unpaired) electrons. The summed E-state index contributed by atoms with van der Waals surface area (Å²) < 4.78 is 0.137. The number of benzene rings is 1. The Bertz CT molecular complexity index is 255. The Labute approximate surface area is 68.7 Å². The van der Waals surface area contributed by atoms with Crippen molar-refractivity contribution >= 4 is 21.1 Å². The summed E-state index contributed by atoms with van der Waals surface area (Å²) in [6.45, 7) is 1.94. The van der Waals surface area contributed by atoms with Crippen LogP contribution in [0.5, 0.6) is 0 Å². The van der Waals surface area contributed by atoms with Gasteiger partial charge in [0.05, 0.1) is 0 Å². The molecule has 0 aromatic heterocycles. The molecule has 1 aromatic carbocycles. The number of hydrogen-bond acceptors (Lipinski definition) is 1. The molecule has 49 valence electrons. The Kier molecular flexibility index (Phi) is 2.27. The van der Waals surface area contributed by atoms with E-state index in [0.29, 0.717) is 0 Å². The van der Waals surface area contributed by atoms with E-state index in [1.165, 1.54) is 0 Å². The van der Waals surface area contributed by atoms with Gasteiger partial charge in [0.2, 0.25) is 0 Å². The van der Waals surface area contributed by atoms with Crippen LogP contribution in [-0.4, -0.2) is 21.1 Å². The number of carbonyl (C=O) groups excluding carboxylic acids is 1. The first-order chi connectivity index (χ1) is 4.72. The van der Waals surface area contributed by atoms with Gasteiger partial charge in [-0.05, 0) is 0 Å². The summed E-state index contributed by atoms with van der Waals surface area (Å²) in [5.41, 5.74) is 1.87. The van der Waals surface area contributed by atoms with Crippen LogP contribution in [0.15, 0.2) is 24.3 Å². The van der Waals surface area contributed by atoms with Crippen molar-refractivity contribution in [2.75, 3.05) is 0 Å². The molecule has 0 aliphatic rings. The van der Waals surface area contributed by atoms with Gasteiger partial charge in [-0.1, -0.05) is 0 Å². The SMILES string of the molecule is Cc1ccccc1[C](=O)[Ge]. The van der Waals surface area contributed by atoms with Crippen LogP contribution in [0.1, 0.15) is 15.9 Å². The summed E-state index contributed by atoms with van der Waals surface area (Å²) in [6, 6.07) is 7.60. The molecule has 1 nitrogen and oxygen atoms in total. The van der Waals surface area contributed by atoms with Gasteiger partial charge in [0.25, 0.3) is 0 Å². The normalized spacial score (nSPS) is 9.40. The number of aryl methyl sites for hydroxylation is 1. The third-order valence-corrected chi connectivity index (χ3v) is 1.95. The maximum atomic E-state index is 10.9. The van der Waals surface area contributed by atoms with Crippen LogP contribution < -0.4 is 0 Å². The van der Waals surface area contributed by atoms with Gasteiger partial charge in [-0.25, -0.2) is 0 Å². The molecule has 0 heterocycles. The molecule has 10 heavy (non-hydrogen) atoms. The molecular weight excluding hydrogens is 185 g/mol. The molecule has 0 saturated heterocycles. The fraction of sp³-hybridized carbons (Fsp3) is 0.125. The molecule has 0 aliphatic carbocycles. The van der Waals surface area contributed by atoms with E-state index in [2.05, 4.69) is 0 Å². The van der Waals surface area contributed by atoms with Crippen molar-refractivity contribution in [2.45, 2.75) is 6.92 Å². The zero-order valence-electron chi connectivity index (χ0n) is 5.72. The summed E-state index contributed by atoms with van der Waals surface area (Å²) >= 11 is 1.59. The van der Waals surface area contributed by atoms with Gasteiger partial charge in [-0.3, -0.25) is 0 Å². The van der Waals surface area contributed by atoms with Crippen LogP contribution in [0, 0.1) is 6.92 Å². The van der Waals surface area contributed by atoms with E-state index in [1.807, 2.05) is 31.2 Å². The Morgan fingerprint density at radius 2 is 2.00 bits per heavy atom. The number of hydrogen-bond donors (Lipinski definition) is 0. The van der Waals surface area contributed by atoms with Gasteiger partial charge >= 0.3 is 68.2 Å². The van der Waals surface area contributed by atoms with Gasteiger partial charge in [-0.15, -0.1) is 0 Å². The van der Waals surface area contributed by atoms with Gasteiger partial charge < -0.3 is 0 Å². The van der Waals surface area contributed by atoms with E-state index >= 15 is 0 Å². The molecule has 2 heteroatoms. The first-order valence-corrected chi connectivity index (χ1v) is 4.08. The second-order valence-corrected chi connectivity index (χ2v) is 3.10. The summed E-state index contributed by atoms with van der Waals surface area (Å²) in [6.07, 6.45) is 0. The summed E-state index contributed by atoms with van der Waals surface area (Å²) in [5, 5.41) is 0. The molecule has 0 fully saturated rings. The van der Waals surface area contributed by atoms with E-state index < -0.39 is 0 Å². The quantitative estimate of drug-likeness (QED) is 0.612. The Hall–Kier alpha value is -0.567. The molecule has 0 aliphatic heterocycles. The van der Waals surface area contributed by atoms with E-state index in [-0.39, 0.29) is 4.62 Å².